The largest absolute Gasteiger partial charge is 0.308 e. The second kappa shape index (κ2) is 11.6. The Bertz CT molecular complexity index is 1800. The summed E-state index contributed by atoms with van der Waals surface area (Å²) in [5, 5.41) is 5.58. The highest BCUT2D eigenvalue weighted by atomic mass is 16.2. The number of aromatic nitrogens is 4. The van der Waals surface area contributed by atoms with E-state index < -0.39 is 10.8 Å². The molecule has 0 spiro atoms. The van der Waals surface area contributed by atoms with Crippen molar-refractivity contribution in [2.75, 3.05) is 20.4 Å². The molecule has 2 aliphatic heterocycles. The normalized spacial score (nSPS) is 18.4. The molecule has 0 atom stereocenters. The van der Waals surface area contributed by atoms with Crippen LogP contribution in [0.4, 0.5) is 23.0 Å². The zero-order chi connectivity index (χ0) is 33.8. The molecule has 12 heteroatoms. The standard InChI is InChI=1S/2C18H18N4O2/c1-18(2)13-10-20-15(21-16(23)11-5-7-19-8-6-11)9-14(13)22(17(18)24)12-3-4-12;1-18(2)13-10-20-15(21-16(23)11-4-3-7-19-9-11)8-14(13)22(17(18)24)12-5-6-12/h5-10,12H,3-4H2,1-2H3,(H,20,21,23);3-4,7-10,12H,5-6H2,1-2H3,(H,20,21,23). The van der Waals surface area contributed by atoms with E-state index in [4.69, 9.17) is 0 Å². The van der Waals surface area contributed by atoms with Crippen molar-refractivity contribution in [3.8, 4) is 0 Å². The van der Waals surface area contributed by atoms with Gasteiger partial charge in [-0.05, 0) is 77.6 Å². The summed E-state index contributed by atoms with van der Waals surface area (Å²) in [7, 11) is 0. The Labute approximate surface area is 278 Å². The van der Waals surface area contributed by atoms with E-state index in [0.717, 1.165) is 48.2 Å². The maximum absolute atomic E-state index is 12.7. The van der Waals surface area contributed by atoms with Crippen molar-refractivity contribution >= 4 is 46.6 Å². The van der Waals surface area contributed by atoms with Crippen LogP contribution in [-0.2, 0) is 20.4 Å². The van der Waals surface area contributed by atoms with Gasteiger partial charge in [-0.3, -0.25) is 29.1 Å². The van der Waals surface area contributed by atoms with Crippen LogP contribution in [0.15, 0.2) is 73.6 Å². The van der Waals surface area contributed by atoms with Gasteiger partial charge >= 0.3 is 0 Å². The Morgan fingerprint density at radius 3 is 1.58 bits per heavy atom. The number of hydrogen-bond acceptors (Lipinski definition) is 8. The summed E-state index contributed by atoms with van der Waals surface area (Å²) in [6.45, 7) is 7.69. The topological polar surface area (TPSA) is 150 Å². The minimum absolute atomic E-state index is 0.109. The number of amides is 4. The van der Waals surface area contributed by atoms with E-state index in [1.807, 2.05) is 37.5 Å². The molecule has 4 aromatic heterocycles. The van der Waals surface area contributed by atoms with E-state index in [0.29, 0.717) is 22.8 Å². The van der Waals surface area contributed by atoms with Gasteiger partial charge in [0.1, 0.15) is 11.6 Å². The fraction of sp³-hybridized carbons (Fsp3) is 0.333. The van der Waals surface area contributed by atoms with E-state index >= 15 is 0 Å². The molecule has 2 fully saturated rings. The van der Waals surface area contributed by atoms with Crippen LogP contribution in [0, 0.1) is 0 Å². The molecule has 0 saturated heterocycles. The molecule has 12 nitrogen and oxygen atoms in total. The summed E-state index contributed by atoms with van der Waals surface area (Å²) < 4.78 is 0. The zero-order valence-electron chi connectivity index (χ0n) is 27.2. The molecule has 0 aromatic carbocycles. The third kappa shape index (κ3) is 5.56. The van der Waals surface area contributed by atoms with Gasteiger partial charge in [0.2, 0.25) is 11.8 Å². The predicted octanol–water partition coefficient (Wildman–Crippen LogP) is 5.03. The number of hydrogen-bond donors (Lipinski definition) is 2. The minimum Gasteiger partial charge on any atom is -0.308 e. The van der Waals surface area contributed by atoms with Crippen LogP contribution >= 0.6 is 0 Å². The van der Waals surface area contributed by atoms with Gasteiger partial charge in [0.25, 0.3) is 11.8 Å². The number of anilines is 4. The smallest absolute Gasteiger partial charge is 0.258 e. The quantitative estimate of drug-likeness (QED) is 0.297. The number of pyridine rings is 4. The third-order valence-corrected chi connectivity index (χ3v) is 9.31. The first-order chi connectivity index (χ1) is 23.0. The third-order valence-electron chi connectivity index (χ3n) is 9.31. The zero-order valence-corrected chi connectivity index (χ0v) is 27.2. The first-order valence-corrected chi connectivity index (χ1v) is 16.1. The summed E-state index contributed by atoms with van der Waals surface area (Å²) in [4.78, 5) is 70.2. The number of carbonyl (C=O) groups excluding carboxylic acids is 4. The van der Waals surface area contributed by atoms with E-state index in [2.05, 4.69) is 30.6 Å². The van der Waals surface area contributed by atoms with Crippen molar-refractivity contribution in [3.05, 3.63) is 95.8 Å². The SMILES string of the molecule is CC1(C)C(=O)N(C2CC2)c2cc(NC(=O)c3cccnc3)ncc21.CC1(C)C(=O)N(C2CC2)c2cc(NC(=O)c3ccncc3)ncc21. The van der Waals surface area contributed by atoms with Crippen molar-refractivity contribution in [3.63, 3.8) is 0 Å². The summed E-state index contributed by atoms with van der Waals surface area (Å²) >= 11 is 0. The fourth-order valence-corrected chi connectivity index (χ4v) is 6.21. The lowest BCUT2D eigenvalue weighted by Gasteiger charge is -2.19. The highest BCUT2D eigenvalue weighted by molar-refractivity contribution is 6.10. The summed E-state index contributed by atoms with van der Waals surface area (Å²) in [6, 6.07) is 10.9. The van der Waals surface area contributed by atoms with E-state index in [1.165, 1.54) is 6.20 Å². The maximum atomic E-state index is 12.7. The van der Waals surface area contributed by atoms with Crippen molar-refractivity contribution < 1.29 is 19.2 Å². The Hall–Kier alpha value is -5.52. The van der Waals surface area contributed by atoms with Gasteiger partial charge in [-0.25, -0.2) is 9.97 Å². The van der Waals surface area contributed by atoms with Gasteiger partial charge in [-0.15, -0.1) is 0 Å². The van der Waals surface area contributed by atoms with Crippen molar-refractivity contribution in [1.82, 2.24) is 19.9 Å². The molecule has 4 aliphatic rings. The van der Waals surface area contributed by atoms with Gasteiger partial charge in [0, 0.05) is 78.1 Å². The number of rotatable bonds is 6. The molecule has 6 heterocycles. The Morgan fingerprint density at radius 1 is 0.667 bits per heavy atom. The Kier molecular flexibility index (Phi) is 7.53. The molecular formula is C36H36N8O4. The van der Waals surface area contributed by atoms with Crippen LogP contribution in [0.5, 0.6) is 0 Å². The molecule has 8 rings (SSSR count). The first kappa shape index (κ1) is 31.1. The number of fused-ring (bicyclic) bond motifs is 2. The second-order valence-corrected chi connectivity index (χ2v) is 13.6. The van der Waals surface area contributed by atoms with Crippen LogP contribution in [0.25, 0.3) is 0 Å². The average molecular weight is 645 g/mol. The van der Waals surface area contributed by atoms with E-state index in [1.54, 1.807) is 67.4 Å². The van der Waals surface area contributed by atoms with Crippen LogP contribution in [-0.4, -0.2) is 55.6 Å². The lowest BCUT2D eigenvalue weighted by atomic mass is 9.87. The molecule has 244 valence electrons. The molecule has 2 saturated carbocycles. The molecule has 0 bridgehead atoms. The van der Waals surface area contributed by atoms with Gasteiger partial charge in [-0.2, -0.15) is 0 Å². The number of nitrogens with zero attached hydrogens (tertiary/aromatic N) is 6. The lowest BCUT2D eigenvalue weighted by Crippen LogP contribution is -2.37. The average Bonchev–Trinajstić information content (AvgIpc) is 4.02. The maximum Gasteiger partial charge on any atom is 0.258 e. The second-order valence-electron chi connectivity index (χ2n) is 13.6. The lowest BCUT2D eigenvalue weighted by molar-refractivity contribution is -0.122. The predicted molar refractivity (Wildman–Crippen MR) is 180 cm³/mol. The highest BCUT2D eigenvalue weighted by Crippen LogP contribution is 2.48. The van der Waals surface area contributed by atoms with Gasteiger partial charge in [0.05, 0.1) is 27.8 Å². The van der Waals surface area contributed by atoms with E-state index in [-0.39, 0.29) is 35.7 Å². The summed E-state index contributed by atoms with van der Waals surface area (Å²) in [6.07, 6.45) is 13.8. The first-order valence-electron chi connectivity index (χ1n) is 16.1. The number of nitrogens with one attached hydrogen (secondary N) is 2. The minimum atomic E-state index is -0.573. The molecule has 4 amide bonds. The Balaban J connectivity index is 0.000000152. The monoisotopic (exact) mass is 644 g/mol. The van der Waals surface area contributed by atoms with Crippen LogP contribution < -0.4 is 20.4 Å². The van der Waals surface area contributed by atoms with Crippen molar-refractivity contribution in [2.45, 2.75) is 76.3 Å². The van der Waals surface area contributed by atoms with Crippen molar-refractivity contribution in [1.29, 1.82) is 0 Å². The highest BCUT2D eigenvalue weighted by Gasteiger charge is 2.50. The summed E-state index contributed by atoms with van der Waals surface area (Å²) in [5.74, 6) is 0.603. The van der Waals surface area contributed by atoms with Crippen LogP contribution in [0.2, 0.25) is 0 Å². The molecule has 0 unspecified atom stereocenters. The van der Waals surface area contributed by atoms with E-state index in [9.17, 15) is 19.2 Å². The molecule has 2 N–H and O–H groups in total. The molecule has 2 aliphatic carbocycles. The van der Waals surface area contributed by atoms with Crippen LogP contribution in [0.3, 0.4) is 0 Å². The van der Waals surface area contributed by atoms with Gasteiger partial charge < -0.3 is 20.4 Å². The van der Waals surface area contributed by atoms with Gasteiger partial charge in [0.15, 0.2) is 0 Å². The summed E-state index contributed by atoms with van der Waals surface area (Å²) in [5.41, 5.74) is 3.41. The Morgan fingerprint density at radius 2 is 1.15 bits per heavy atom. The molecular weight excluding hydrogens is 608 g/mol. The molecule has 4 aromatic rings. The molecule has 0 radical (unpaired) electrons. The fourth-order valence-electron chi connectivity index (χ4n) is 6.21. The number of carbonyl (C=O) groups is 4. The molecule has 48 heavy (non-hydrogen) atoms. The van der Waals surface area contributed by atoms with Crippen LogP contribution in [0.1, 0.15) is 85.2 Å². The van der Waals surface area contributed by atoms with Gasteiger partial charge in [-0.1, -0.05) is 0 Å². The van der Waals surface area contributed by atoms with Crippen molar-refractivity contribution in [2.24, 2.45) is 0 Å².